The maximum Gasteiger partial charge on any atom is 0.345 e. The molecule has 1 fully saturated rings. The smallest absolute Gasteiger partial charge is 0.345 e. The maximum absolute atomic E-state index is 12.5. The average Bonchev–Trinajstić information content (AvgIpc) is 2.90. The number of nitrogens with zero attached hydrogens (tertiary/aromatic N) is 1. The SMILES string of the molecule is CCN(C(=O)c1ccc(C(=O)O)s1)C1CCCCC1. The van der Waals surface area contributed by atoms with E-state index in [2.05, 4.69) is 0 Å². The summed E-state index contributed by atoms with van der Waals surface area (Å²) >= 11 is 1.07. The van der Waals surface area contributed by atoms with Gasteiger partial charge in [0.05, 0.1) is 4.88 Å². The fourth-order valence-corrected chi connectivity index (χ4v) is 3.47. The van der Waals surface area contributed by atoms with Crippen molar-refractivity contribution in [2.24, 2.45) is 0 Å². The first-order valence-electron chi connectivity index (χ1n) is 6.77. The number of carbonyl (C=O) groups is 2. The van der Waals surface area contributed by atoms with Gasteiger partial charge in [0.25, 0.3) is 5.91 Å². The molecule has 0 radical (unpaired) electrons. The highest BCUT2D eigenvalue weighted by atomic mass is 32.1. The Bertz CT molecular complexity index is 463. The highest BCUT2D eigenvalue weighted by molar-refractivity contribution is 7.15. The summed E-state index contributed by atoms with van der Waals surface area (Å²) in [4.78, 5) is 26.0. The molecule has 104 valence electrons. The minimum atomic E-state index is -0.968. The third kappa shape index (κ3) is 3.15. The van der Waals surface area contributed by atoms with E-state index in [0.29, 0.717) is 17.5 Å². The molecule has 0 atom stereocenters. The second kappa shape index (κ2) is 6.19. The van der Waals surface area contributed by atoms with Crippen molar-refractivity contribution in [1.82, 2.24) is 4.90 Å². The Kier molecular flexibility index (Phi) is 4.58. The minimum Gasteiger partial charge on any atom is -0.477 e. The van der Waals surface area contributed by atoms with E-state index < -0.39 is 5.97 Å². The standard InChI is InChI=1S/C14H19NO3S/c1-2-15(10-6-4-3-5-7-10)13(16)11-8-9-12(19-11)14(17)18/h8-10H,2-7H2,1H3,(H,17,18). The summed E-state index contributed by atoms with van der Waals surface area (Å²) in [7, 11) is 0. The minimum absolute atomic E-state index is 0.0214. The summed E-state index contributed by atoms with van der Waals surface area (Å²) in [5, 5.41) is 8.91. The van der Waals surface area contributed by atoms with Gasteiger partial charge < -0.3 is 10.0 Å². The Balaban J connectivity index is 2.12. The van der Waals surface area contributed by atoms with Crippen molar-refractivity contribution < 1.29 is 14.7 Å². The van der Waals surface area contributed by atoms with Crippen LogP contribution in [0.5, 0.6) is 0 Å². The number of carboxylic acids is 1. The quantitative estimate of drug-likeness (QED) is 0.921. The van der Waals surface area contributed by atoms with Crippen LogP contribution in [-0.4, -0.2) is 34.5 Å². The van der Waals surface area contributed by atoms with Gasteiger partial charge in [-0.3, -0.25) is 4.79 Å². The third-order valence-corrected chi connectivity index (χ3v) is 4.71. The van der Waals surface area contributed by atoms with Crippen LogP contribution < -0.4 is 0 Å². The lowest BCUT2D eigenvalue weighted by atomic mass is 9.94. The Morgan fingerprint density at radius 1 is 1.26 bits per heavy atom. The number of aromatic carboxylic acids is 1. The number of carbonyl (C=O) groups excluding carboxylic acids is 1. The zero-order valence-electron chi connectivity index (χ0n) is 11.1. The fraction of sp³-hybridized carbons (Fsp3) is 0.571. The molecule has 1 aliphatic rings. The van der Waals surface area contributed by atoms with E-state index in [-0.39, 0.29) is 10.8 Å². The molecular formula is C14H19NO3S. The molecule has 1 N–H and O–H groups in total. The number of amides is 1. The summed E-state index contributed by atoms with van der Waals surface area (Å²) in [5.41, 5.74) is 0. The fourth-order valence-electron chi connectivity index (χ4n) is 2.67. The lowest BCUT2D eigenvalue weighted by Crippen LogP contribution is -2.40. The van der Waals surface area contributed by atoms with E-state index in [9.17, 15) is 9.59 Å². The predicted molar refractivity (Wildman–Crippen MR) is 74.9 cm³/mol. The Morgan fingerprint density at radius 3 is 2.42 bits per heavy atom. The zero-order valence-corrected chi connectivity index (χ0v) is 11.9. The molecule has 2 rings (SSSR count). The topological polar surface area (TPSA) is 57.6 Å². The predicted octanol–water partition coefficient (Wildman–Crippen LogP) is 3.24. The molecule has 0 spiro atoms. The van der Waals surface area contributed by atoms with Crippen LogP contribution >= 0.6 is 11.3 Å². The summed E-state index contributed by atoms with van der Waals surface area (Å²) in [6.45, 7) is 2.67. The number of rotatable bonds is 4. The van der Waals surface area contributed by atoms with Crippen molar-refractivity contribution in [3.8, 4) is 0 Å². The maximum atomic E-state index is 12.5. The zero-order chi connectivity index (χ0) is 13.8. The first kappa shape index (κ1) is 14.1. The van der Waals surface area contributed by atoms with E-state index in [1.807, 2.05) is 11.8 Å². The molecule has 19 heavy (non-hydrogen) atoms. The third-order valence-electron chi connectivity index (χ3n) is 3.64. The molecule has 0 bridgehead atoms. The number of thiophene rings is 1. The number of carboxylic acid groups (broad SMARTS) is 1. The van der Waals surface area contributed by atoms with E-state index in [1.165, 1.54) is 25.3 Å². The summed E-state index contributed by atoms with van der Waals surface area (Å²) in [6.07, 6.45) is 5.75. The molecule has 0 aliphatic heterocycles. The molecule has 1 aromatic heterocycles. The first-order chi connectivity index (χ1) is 9.13. The van der Waals surface area contributed by atoms with E-state index in [1.54, 1.807) is 6.07 Å². The Labute approximate surface area is 117 Å². The summed E-state index contributed by atoms with van der Waals surface area (Å²) in [6, 6.07) is 3.46. The van der Waals surface area contributed by atoms with Gasteiger partial charge in [-0.2, -0.15) is 0 Å². The van der Waals surface area contributed by atoms with Gasteiger partial charge >= 0.3 is 5.97 Å². The first-order valence-corrected chi connectivity index (χ1v) is 7.59. The van der Waals surface area contributed by atoms with Crippen molar-refractivity contribution in [3.05, 3.63) is 21.9 Å². The molecule has 1 amide bonds. The highest BCUT2D eigenvalue weighted by Gasteiger charge is 2.26. The van der Waals surface area contributed by atoms with Crippen LogP contribution in [0.1, 0.15) is 58.4 Å². The Hall–Kier alpha value is -1.36. The molecule has 0 aromatic carbocycles. The van der Waals surface area contributed by atoms with Crippen molar-refractivity contribution in [1.29, 1.82) is 0 Å². The normalized spacial score (nSPS) is 16.3. The van der Waals surface area contributed by atoms with Crippen LogP contribution in [0.4, 0.5) is 0 Å². The molecule has 0 saturated heterocycles. The van der Waals surface area contributed by atoms with Gasteiger partial charge in [0.2, 0.25) is 0 Å². The van der Waals surface area contributed by atoms with Crippen LogP contribution in [0.3, 0.4) is 0 Å². The van der Waals surface area contributed by atoms with Crippen LogP contribution in [0.2, 0.25) is 0 Å². The van der Waals surface area contributed by atoms with Crippen molar-refractivity contribution in [3.63, 3.8) is 0 Å². The largest absolute Gasteiger partial charge is 0.477 e. The van der Waals surface area contributed by atoms with E-state index >= 15 is 0 Å². The molecule has 4 nitrogen and oxygen atoms in total. The van der Waals surface area contributed by atoms with Crippen molar-refractivity contribution >= 4 is 23.2 Å². The number of hydrogen-bond acceptors (Lipinski definition) is 3. The van der Waals surface area contributed by atoms with Gasteiger partial charge in [-0.1, -0.05) is 19.3 Å². The molecular weight excluding hydrogens is 262 g/mol. The summed E-state index contributed by atoms with van der Waals surface area (Å²) < 4.78 is 0. The lowest BCUT2D eigenvalue weighted by Gasteiger charge is -2.33. The lowest BCUT2D eigenvalue weighted by molar-refractivity contribution is 0.0652. The second-order valence-electron chi connectivity index (χ2n) is 4.85. The molecule has 1 heterocycles. The van der Waals surface area contributed by atoms with Gasteiger partial charge in [0.1, 0.15) is 4.88 Å². The molecule has 1 aromatic rings. The van der Waals surface area contributed by atoms with Crippen molar-refractivity contribution in [2.75, 3.05) is 6.54 Å². The molecule has 5 heteroatoms. The van der Waals surface area contributed by atoms with Crippen LogP contribution in [0.25, 0.3) is 0 Å². The second-order valence-corrected chi connectivity index (χ2v) is 5.94. The molecule has 0 unspecified atom stereocenters. The van der Waals surface area contributed by atoms with E-state index in [4.69, 9.17) is 5.11 Å². The Morgan fingerprint density at radius 2 is 1.89 bits per heavy atom. The van der Waals surface area contributed by atoms with Crippen molar-refractivity contribution in [2.45, 2.75) is 45.1 Å². The van der Waals surface area contributed by atoms with Gasteiger partial charge in [-0.15, -0.1) is 11.3 Å². The average molecular weight is 281 g/mol. The van der Waals surface area contributed by atoms with Crippen LogP contribution in [0, 0.1) is 0 Å². The van der Waals surface area contributed by atoms with Crippen LogP contribution in [-0.2, 0) is 0 Å². The van der Waals surface area contributed by atoms with E-state index in [0.717, 1.165) is 24.2 Å². The van der Waals surface area contributed by atoms with Gasteiger partial charge in [0, 0.05) is 12.6 Å². The molecule has 1 aliphatic carbocycles. The highest BCUT2D eigenvalue weighted by Crippen LogP contribution is 2.26. The van der Waals surface area contributed by atoms with Gasteiger partial charge in [-0.25, -0.2) is 4.79 Å². The molecule has 1 saturated carbocycles. The summed E-state index contributed by atoms with van der Waals surface area (Å²) in [5.74, 6) is -0.989. The van der Waals surface area contributed by atoms with Gasteiger partial charge in [-0.05, 0) is 31.9 Å². The van der Waals surface area contributed by atoms with Gasteiger partial charge in [0.15, 0.2) is 0 Å². The number of hydrogen-bond donors (Lipinski definition) is 1. The van der Waals surface area contributed by atoms with Crippen LogP contribution in [0.15, 0.2) is 12.1 Å². The monoisotopic (exact) mass is 281 g/mol.